The van der Waals surface area contributed by atoms with E-state index >= 15 is 0 Å². The number of pyridine rings is 2. The predicted molar refractivity (Wildman–Crippen MR) is 120 cm³/mol. The summed E-state index contributed by atoms with van der Waals surface area (Å²) in [4.78, 5) is 11.1. The van der Waals surface area contributed by atoms with E-state index < -0.39 is 0 Å². The van der Waals surface area contributed by atoms with E-state index in [1.165, 1.54) is 5.56 Å². The van der Waals surface area contributed by atoms with Crippen LogP contribution in [0.25, 0.3) is 0 Å². The van der Waals surface area contributed by atoms with Gasteiger partial charge in [0.2, 0.25) is 0 Å². The van der Waals surface area contributed by atoms with Crippen LogP contribution in [0, 0.1) is 13.8 Å². The average molecular weight is 431 g/mol. The maximum atomic E-state index is 5.79. The molecule has 2 atom stereocenters. The molecule has 8 nitrogen and oxygen atoms in total. The van der Waals surface area contributed by atoms with Gasteiger partial charge < -0.3 is 10.2 Å². The lowest BCUT2D eigenvalue weighted by molar-refractivity contribution is 0.309. The van der Waals surface area contributed by atoms with E-state index in [4.69, 9.17) is 12.2 Å². The lowest BCUT2D eigenvalue weighted by Crippen LogP contribution is -2.29. The molecule has 4 aromatic heterocycles. The van der Waals surface area contributed by atoms with Gasteiger partial charge in [-0.2, -0.15) is 0 Å². The highest BCUT2D eigenvalue weighted by molar-refractivity contribution is 7.80. The lowest BCUT2D eigenvalue weighted by Gasteiger charge is -2.28. The fourth-order valence-corrected chi connectivity index (χ4v) is 4.64. The molecule has 9 heteroatoms. The topological polar surface area (TPSA) is 76.7 Å². The molecule has 1 fully saturated rings. The van der Waals surface area contributed by atoms with Crippen LogP contribution in [0.2, 0.25) is 0 Å². The zero-order chi connectivity index (χ0) is 21.4. The molecule has 1 aliphatic rings. The summed E-state index contributed by atoms with van der Waals surface area (Å²) in [6, 6.07) is 12.1. The molecule has 0 spiro atoms. The number of hydrogen-bond donors (Lipinski definition) is 1. The van der Waals surface area contributed by atoms with Gasteiger partial charge in [-0.25, -0.2) is 4.68 Å². The van der Waals surface area contributed by atoms with Crippen molar-refractivity contribution in [2.75, 3.05) is 0 Å². The summed E-state index contributed by atoms with van der Waals surface area (Å²) in [5, 5.41) is 12.1. The fourth-order valence-electron chi connectivity index (χ4n) is 4.33. The van der Waals surface area contributed by atoms with Crippen molar-refractivity contribution in [2.45, 2.75) is 32.5 Å². The van der Waals surface area contributed by atoms with Crippen molar-refractivity contribution in [2.24, 2.45) is 0 Å². The summed E-state index contributed by atoms with van der Waals surface area (Å²) in [6.45, 7) is 4.85. The third kappa shape index (κ3) is 3.46. The van der Waals surface area contributed by atoms with Gasteiger partial charge in [0.25, 0.3) is 0 Å². The van der Waals surface area contributed by atoms with Gasteiger partial charge in [-0.1, -0.05) is 12.1 Å². The van der Waals surface area contributed by atoms with Crippen LogP contribution >= 0.6 is 12.2 Å². The van der Waals surface area contributed by atoms with Gasteiger partial charge in [0.1, 0.15) is 12.7 Å². The van der Waals surface area contributed by atoms with Crippen LogP contribution in [0.4, 0.5) is 0 Å². The van der Waals surface area contributed by atoms with Crippen LogP contribution < -0.4 is 5.32 Å². The van der Waals surface area contributed by atoms with Crippen LogP contribution in [-0.2, 0) is 6.54 Å². The fraction of sp³-hybridized carbons (Fsp3) is 0.227. The standard InChI is InChI=1S/C22H22N8S/c1-15-10-18(16(2)30(15)28-13-25-26-14-28)21-20(19-7-3-4-9-24-19)27-22(31)29(21)12-17-6-5-8-23-11-17/h3-11,13-14,20-21H,12H2,1-2H3,(H,27,31)/t20-,21-/m1/s1. The van der Waals surface area contributed by atoms with Gasteiger partial charge in [-0.05, 0) is 55.9 Å². The Hall–Kier alpha value is -3.59. The Kier molecular flexibility index (Phi) is 4.95. The van der Waals surface area contributed by atoms with E-state index in [0.717, 1.165) is 22.6 Å². The molecular weight excluding hydrogens is 408 g/mol. The highest BCUT2D eigenvalue weighted by atomic mass is 32.1. The van der Waals surface area contributed by atoms with Crippen molar-refractivity contribution in [3.8, 4) is 0 Å². The first-order chi connectivity index (χ1) is 15.1. The second-order valence-corrected chi connectivity index (χ2v) is 7.98. The molecule has 0 aromatic carbocycles. The number of hydrogen-bond acceptors (Lipinski definition) is 5. The molecule has 0 unspecified atom stereocenters. The van der Waals surface area contributed by atoms with Gasteiger partial charge in [0.15, 0.2) is 5.11 Å². The third-order valence-electron chi connectivity index (χ3n) is 5.66. The summed E-state index contributed by atoms with van der Waals surface area (Å²) in [5.41, 5.74) is 5.43. The Morgan fingerprint density at radius 3 is 2.61 bits per heavy atom. The molecule has 0 amide bonds. The molecule has 0 aliphatic carbocycles. The molecule has 0 bridgehead atoms. The van der Waals surface area contributed by atoms with E-state index in [9.17, 15) is 0 Å². The molecule has 0 saturated carbocycles. The molecule has 0 radical (unpaired) electrons. The molecule has 31 heavy (non-hydrogen) atoms. The lowest BCUT2D eigenvalue weighted by atomic mass is 9.96. The molecule has 4 aromatic rings. The van der Waals surface area contributed by atoms with Gasteiger partial charge >= 0.3 is 0 Å². The first kappa shape index (κ1) is 19.4. The van der Waals surface area contributed by atoms with Crippen LogP contribution in [0.3, 0.4) is 0 Å². The predicted octanol–water partition coefficient (Wildman–Crippen LogP) is 2.97. The zero-order valence-corrected chi connectivity index (χ0v) is 18.1. The first-order valence-electron chi connectivity index (χ1n) is 10.0. The maximum absolute atomic E-state index is 5.79. The Balaban J connectivity index is 1.62. The van der Waals surface area contributed by atoms with Crippen LogP contribution in [0.1, 0.15) is 40.3 Å². The molecule has 156 valence electrons. The molecule has 5 rings (SSSR count). The molecule has 5 heterocycles. The summed E-state index contributed by atoms with van der Waals surface area (Å²) in [5.74, 6) is 0. The minimum Gasteiger partial charge on any atom is -0.352 e. The second kappa shape index (κ2) is 7.92. The highest BCUT2D eigenvalue weighted by Crippen LogP contribution is 2.41. The van der Waals surface area contributed by atoms with Crippen LogP contribution in [-0.4, -0.2) is 39.5 Å². The van der Waals surface area contributed by atoms with E-state index in [1.54, 1.807) is 18.9 Å². The van der Waals surface area contributed by atoms with E-state index in [1.807, 2.05) is 41.3 Å². The van der Waals surface area contributed by atoms with Crippen molar-refractivity contribution in [1.29, 1.82) is 0 Å². The number of thiocarbonyl (C=S) groups is 1. The Bertz CT molecular complexity index is 1190. The third-order valence-corrected chi connectivity index (χ3v) is 6.02. The Morgan fingerprint density at radius 2 is 1.90 bits per heavy atom. The number of nitrogens with one attached hydrogen (secondary N) is 1. The van der Waals surface area contributed by atoms with Crippen molar-refractivity contribution >= 4 is 17.3 Å². The number of rotatable bonds is 5. The van der Waals surface area contributed by atoms with E-state index in [-0.39, 0.29) is 12.1 Å². The molecular formula is C22H22N8S. The quantitative estimate of drug-likeness (QED) is 0.488. The Morgan fingerprint density at radius 1 is 1.06 bits per heavy atom. The smallest absolute Gasteiger partial charge is 0.170 e. The zero-order valence-electron chi connectivity index (χ0n) is 17.3. The molecule has 1 aliphatic heterocycles. The number of aryl methyl sites for hydroxylation is 1. The Labute approximate surface area is 185 Å². The SMILES string of the molecule is Cc1cc([C@@H]2[C@@H](c3ccccn3)NC(=S)N2Cc2cccnc2)c(C)n1-n1cnnc1. The highest BCUT2D eigenvalue weighted by Gasteiger charge is 2.41. The van der Waals surface area contributed by atoms with Crippen molar-refractivity contribution in [1.82, 2.24) is 39.7 Å². The van der Waals surface area contributed by atoms with Crippen LogP contribution in [0.15, 0.2) is 67.6 Å². The molecule has 1 saturated heterocycles. The number of nitrogens with zero attached hydrogens (tertiary/aromatic N) is 7. The van der Waals surface area contributed by atoms with Gasteiger partial charge in [-0.15, -0.1) is 10.2 Å². The summed E-state index contributed by atoms with van der Waals surface area (Å²) in [7, 11) is 0. The van der Waals surface area contributed by atoms with Crippen molar-refractivity contribution in [3.05, 3.63) is 95.9 Å². The number of aromatic nitrogens is 6. The minimum atomic E-state index is -0.0692. The average Bonchev–Trinajstić information content (AvgIpc) is 3.49. The van der Waals surface area contributed by atoms with E-state index in [2.05, 4.69) is 61.0 Å². The van der Waals surface area contributed by atoms with E-state index in [0.29, 0.717) is 11.7 Å². The summed E-state index contributed by atoms with van der Waals surface area (Å²) in [6.07, 6.45) is 8.89. The van der Waals surface area contributed by atoms with Crippen molar-refractivity contribution in [3.63, 3.8) is 0 Å². The summed E-state index contributed by atoms with van der Waals surface area (Å²) >= 11 is 5.79. The van der Waals surface area contributed by atoms with Gasteiger partial charge in [0.05, 0.1) is 17.8 Å². The maximum Gasteiger partial charge on any atom is 0.170 e. The van der Waals surface area contributed by atoms with Crippen LogP contribution in [0.5, 0.6) is 0 Å². The largest absolute Gasteiger partial charge is 0.352 e. The normalized spacial score (nSPS) is 18.4. The first-order valence-corrected chi connectivity index (χ1v) is 10.5. The second-order valence-electron chi connectivity index (χ2n) is 7.60. The minimum absolute atomic E-state index is 0.0287. The molecule has 1 N–H and O–H groups in total. The summed E-state index contributed by atoms with van der Waals surface area (Å²) < 4.78 is 3.99. The monoisotopic (exact) mass is 430 g/mol. The van der Waals surface area contributed by atoms with Gasteiger partial charge in [0, 0.05) is 42.1 Å². The van der Waals surface area contributed by atoms with Gasteiger partial charge in [-0.3, -0.25) is 14.6 Å². The van der Waals surface area contributed by atoms with Crippen molar-refractivity contribution < 1.29 is 0 Å².